The molecular weight excluding hydrogens is 236 g/mol. The highest BCUT2D eigenvalue weighted by Crippen LogP contribution is 2.21. The lowest BCUT2D eigenvalue weighted by Crippen LogP contribution is -1.95. The Kier molecular flexibility index (Phi) is 3.02. The minimum Gasteiger partial charge on any atom is -0.489 e. The van der Waals surface area contributed by atoms with Crippen LogP contribution in [0, 0.1) is 0 Å². The minimum atomic E-state index is 0.533. The van der Waals surface area contributed by atoms with Crippen LogP contribution in [0.25, 0.3) is 10.9 Å². The van der Waals surface area contributed by atoms with Crippen molar-refractivity contribution in [3.05, 3.63) is 66.2 Å². The summed E-state index contributed by atoms with van der Waals surface area (Å²) >= 11 is 0. The molecule has 94 valence electrons. The van der Waals surface area contributed by atoms with Gasteiger partial charge in [-0.1, -0.05) is 30.3 Å². The quantitative estimate of drug-likeness (QED) is 0.775. The average Bonchev–Trinajstić information content (AvgIpc) is 2.46. The molecule has 0 atom stereocenters. The number of benzene rings is 2. The van der Waals surface area contributed by atoms with Crippen LogP contribution in [0.2, 0.25) is 0 Å². The number of rotatable bonds is 3. The maximum absolute atomic E-state index is 5.77. The first kappa shape index (κ1) is 11.5. The Bertz CT molecular complexity index is 695. The van der Waals surface area contributed by atoms with E-state index in [1.54, 1.807) is 6.07 Å². The first-order valence-electron chi connectivity index (χ1n) is 6.14. The molecule has 0 aliphatic carbocycles. The van der Waals surface area contributed by atoms with Gasteiger partial charge in [0.1, 0.15) is 18.2 Å². The molecule has 0 unspecified atom stereocenters. The molecule has 0 radical (unpaired) electrons. The van der Waals surface area contributed by atoms with Crippen LogP contribution in [0.4, 0.5) is 5.82 Å². The van der Waals surface area contributed by atoms with Crippen LogP contribution in [-0.2, 0) is 6.61 Å². The summed E-state index contributed by atoms with van der Waals surface area (Å²) in [4.78, 5) is 4.26. The largest absolute Gasteiger partial charge is 0.489 e. The molecule has 3 aromatic rings. The minimum absolute atomic E-state index is 0.533. The van der Waals surface area contributed by atoms with Crippen LogP contribution in [0.5, 0.6) is 5.75 Å². The number of nitrogens with two attached hydrogens (primary N) is 1. The number of anilines is 1. The molecule has 3 nitrogen and oxygen atoms in total. The van der Waals surface area contributed by atoms with E-state index < -0.39 is 0 Å². The predicted molar refractivity (Wildman–Crippen MR) is 76.9 cm³/mol. The predicted octanol–water partition coefficient (Wildman–Crippen LogP) is 3.40. The Morgan fingerprint density at radius 3 is 2.63 bits per heavy atom. The Labute approximate surface area is 111 Å². The van der Waals surface area contributed by atoms with Crippen molar-refractivity contribution in [2.75, 3.05) is 5.73 Å². The second-order valence-electron chi connectivity index (χ2n) is 4.36. The third kappa shape index (κ3) is 2.65. The number of nitrogens with zero attached hydrogens (tertiary/aromatic N) is 1. The fraction of sp³-hybridized carbons (Fsp3) is 0.0625. The second-order valence-corrected chi connectivity index (χ2v) is 4.36. The summed E-state index contributed by atoms with van der Waals surface area (Å²) in [6, 6.07) is 19.7. The molecule has 0 aliphatic heterocycles. The molecule has 0 aliphatic rings. The van der Waals surface area contributed by atoms with Crippen molar-refractivity contribution in [1.29, 1.82) is 0 Å². The summed E-state index contributed by atoms with van der Waals surface area (Å²) in [5.41, 5.74) is 7.69. The summed E-state index contributed by atoms with van der Waals surface area (Å²) in [6.07, 6.45) is 0. The highest BCUT2D eigenvalue weighted by molar-refractivity contribution is 5.81. The van der Waals surface area contributed by atoms with Gasteiger partial charge in [0.05, 0.1) is 5.52 Å². The zero-order chi connectivity index (χ0) is 13.1. The summed E-state index contributed by atoms with van der Waals surface area (Å²) in [7, 11) is 0. The van der Waals surface area contributed by atoms with Gasteiger partial charge < -0.3 is 10.5 Å². The van der Waals surface area contributed by atoms with E-state index in [2.05, 4.69) is 4.98 Å². The van der Waals surface area contributed by atoms with E-state index in [-0.39, 0.29) is 0 Å². The maximum atomic E-state index is 5.77. The van der Waals surface area contributed by atoms with Crippen molar-refractivity contribution in [1.82, 2.24) is 4.98 Å². The first-order chi connectivity index (χ1) is 9.31. The van der Waals surface area contributed by atoms with Gasteiger partial charge in [-0.15, -0.1) is 0 Å². The van der Waals surface area contributed by atoms with Crippen molar-refractivity contribution in [3.63, 3.8) is 0 Å². The van der Waals surface area contributed by atoms with Gasteiger partial charge in [0.25, 0.3) is 0 Å². The van der Waals surface area contributed by atoms with Gasteiger partial charge in [-0.3, -0.25) is 0 Å². The smallest absolute Gasteiger partial charge is 0.124 e. The zero-order valence-corrected chi connectivity index (χ0v) is 10.4. The van der Waals surface area contributed by atoms with Gasteiger partial charge >= 0.3 is 0 Å². The number of nitrogen functional groups attached to an aromatic ring is 1. The van der Waals surface area contributed by atoms with Gasteiger partial charge in [-0.2, -0.15) is 0 Å². The van der Waals surface area contributed by atoms with E-state index >= 15 is 0 Å². The third-order valence-electron chi connectivity index (χ3n) is 2.93. The fourth-order valence-corrected chi connectivity index (χ4v) is 1.95. The number of pyridine rings is 1. The van der Waals surface area contributed by atoms with Gasteiger partial charge in [0, 0.05) is 5.39 Å². The molecule has 0 saturated carbocycles. The second kappa shape index (κ2) is 4.98. The molecule has 0 bridgehead atoms. The van der Waals surface area contributed by atoms with Crippen molar-refractivity contribution in [2.24, 2.45) is 0 Å². The topological polar surface area (TPSA) is 48.1 Å². The Hall–Kier alpha value is -2.55. The van der Waals surface area contributed by atoms with Crippen molar-refractivity contribution in [3.8, 4) is 5.75 Å². The van der Waals surface area contributed by atoms with Crippen LogP contribution < -0.4 is 10.5 Å². The molecule has 0 saturated heterocycles. The van der Waals surface area contributed by atoms with Gasteiger partial charge in [-0.05, 0) is 35.9 Å². The lowest BCUT2D eigenvalue weighted by atomic mass is 10.2. The zero-order valence-electron chi connectivity index (χ0n) is 10.4. The summed E-state index contributed by atoms with van der Waals surface area (Å²) < 4.78 is 5.77. The van der Waals surface area contributed by atoms with E-state index in [9.17, 15) is 0 Å². The summed E-state index contributed by atoms with van der Waals surface area (Å²) in [5.74, 6) is 1.37. The Morgan fingerprint density at radius 1 is 0.947 bits per heavy atom. The molecule has 2 N–H and O–H groups in total. The van der Waals surface area contributed by atoms with Gasteiger partial charge in [-0.25, -0.2) is 4.98 Å². The van der Waals surface area contributed by atoms with E-state index in [4.69, 9.17) is 10.5 Å². The monoisotopic (exact) mass is 250 g/mol. The third-order valence-corrected chi connectivity index (χ3v) is 2.93. The van der Waals surface area contributed by atoms with E-state index in [1.807, 2.05) is 54.6 Å². The number of aromatic nitrogens is 1. The standard InChI is InChI=1S/C16H14N2O/c17-16-9-6-13-10-14(7-8-15(13)18-16)19-11-12-4-2-1-3-5-12/h1-10H,11H2,(H2,17,18). The van der Waals surface area contributed by atoms with Gasteiger partial charge in [0.15, 0.2) is 0 Å². The molecule has 3 rings (SSSR count). The molecular formula is C16H14N2O. The van der Waals surface area contributed by atoms with Crippen LogP contribution in [-0.4, -0.2) is 4.98 Å². The Morgan fingerprint density at radius 2 is 1.79 bits per heavy atom. The van der Waals surface area contributed by atoms with Crippen LogP contribution >= 0.6 is 0 Å². The fourth-order valence-electron chi connectivity index (χ4n) is 1.95. The number of fused-ring (bicyclic) bond motifs is 1. The molecule has 1 heterocycles. The molecule has 3 heteroatoms. The molecule has 0 spiro atoms. The first-order valence-corrected chi connectivity index (χ1v) is 6.14. The van der Waals surface area contributed by atoms with E-state index in [0.29, 0.717) is 12.4 Å². The molecule has 19 heavy (non-hydrogen) atoms. The Balaban J connectivity index is 1.80. The molecule has 0 amide bonds. The van der Waals surface area contributed by atoms with Gasteiger partial charge in [0.2, 0.25) is 0 Å². The van der Waals surface area contributed by atoms with Crippen LogP contribution in [0.15, 0.2) is 60.7 Å². The lowest BCUT2D eigenvalue weighted by molar-refractivity contribution is 0.306. The molecule has 2 aromatic carbocycles. The lowest BCUT2D eigenvalue weighted by Gasteiger charge is -2.07. The highest BCUT2D eigenvalue weighted by atomic mass is 16.5. The van der Waals surface area contributed by atoms with Crippen molar-refractivity contribution < 1.29 is 4.74 Å². The normalized spacial score (nSPS) is 10.5. The van der Waals surface area contributed by atoms with E-state index in [1.165, 1.54) is 0 Å². The molecule has 0 fully saturated rings. The van der Waals surface area contributed by atoms with Crippen LogP contribution in [0.3, 0.4) is 0 Å². The summed E-state index contributed by atoms with van der Waals surface area (Å²) in [6.45, 7) is 0.564. The number of ether oxygens (including phenoxy) is 1. The number of hydrogen-bond donors (Lipinski definition) is 1. The maximum Gasteiger partial charge on any atom is 0.124 e. The van der Waals surface area contributed by atoms with E-state index in [0.717, 1.165) is 22.2 Å². The van der Waals surface area contributed by atoms with Crippen LogP contribution in [0.1, 0.15) is 5.56 Å². The highest BCUT2D eigenvalue weighted by Gasteiger charge is 2.00. The number of hydrogen-bond acceptors (Lipinski definition) is 3. The van der Waals surface area contributed by atoms with Crippen molar-refractivity contribution in [2.45, 2.75) is 6.61 Å². The average molecular weight is 250 g/mol. The summed E-state index contributed by atoms with van der Waals surface area (Å²) in [5, 5.41) is 1.03. The molecule has 1 aromatic heterocycles. The SMILES string of the molecule is Nc1ccc2cc(OCc3ccccc3)ccc2n1. The van der Waals surface area contributed by atoms with Crippen molar-refractivity contribution >= 4 is 16.7 Å².